The Morgan fingerprint density at radius 2 is 2.12 bits per heavy atom. The maximum Gasteiger partial charge on any atom is 0.147 e. The minimum absolute atomic E-state index is 0.292. The van der Waals surface area contributed by atoms with E-state index in [0.717, 1.165) is 32.6 Å². The van der Waals surface area contributed by atoms with Crippen molar-refractivity contribution in [1.29, 1.82) is 0 Å². The molecule has 0 spiro atoms. The average molecular weight is 244 g/mol. The monoisotopic (exact) mass is 243 g/mol. The Kier molecular flexibility index (Phi) is 4.02. The van der Waals surface area contributed by atoms with Crippen LogP contribution in [0, 0.1) is 11.7 Å². The van der Waals surface area contributed by atoms with Crippen LogP contribution in [0.15, 0.2) is 18.2 Å². The molecule has 0 atom stereocenters. The molecule has 4 heteroatoms. The summed E-state index contributed by atoms with van der Waals surface area (Å²) < 4.78 is 18.7. The fourth-order valence-electron chi connectivity index (χ4n) is 1.84. The first-order valence-electron chi connectivity index (χ1n) is 5.52. The number of nitrogens with one attached hydrogen (secondary N) is 1. The third-order valence-electron chi connectivity index (χ3n) is 2.85. The van der Waals surface area contributed by atoms with Crippen molar-refractivity contribution < 1.29 is 9.13 Å². The van der Waals surface area contributed by atoms with E-state index in [2.05, 4.69) is 5.32 Å². The Hall–Kier alpha value is -0.800. The van der Waals surface area contributed by atoms with E-state index < -0.39 is 0 Å². The summed E-state index contributed by atoms with van der Waals surface area (Å²) in [4.78, 5) is 0. The number of ether oxygens (including phenoxy) is 1. The zero-order chi connectivity index (χ0) is 11.4. The molecule has 0 saturated carbocycles. The maximum atomic E-state index is 13.4. The van der Waals surface area contributed by atoms with E-state index in [1.165, 1.54) is 6.07 Å². The van der Waals surface area contributed by atoms with Gasteiger partial charge in [0.05, 0.1) is 5.69 Å². The van der Waals surface area contributed by atoms with Crippen molar-refractivity contribution >= 4 is 17.3 Å². The average Bonchev–Trinajstić information content (AvgIpc) is 2.29. The molecule has 0 aromatic heterocycles. The van der Waals surface area contributed by atoms with Gasteiger partial charge in [0.25, 0.3) is 0 Å². The van der Waals surface area contributed by atoms with E-state index >= 15 is 0 Å². The van der Waals surface area contributed by atoms with Gasteiger partial charge in [-0.1, -0.05) is 11.6 Å². The van der Waals surface area contributed by atoms with E-state index in [9.17, 15) is 4.39 Å². The van der Waals surface area contributed by atoms with Gasteiger partial charge in [-0.05, 0) is 37.0 Å². The lowest BCUT2D eigenvalue weighted by Crippen LogP contribution is -2.22. The zero-order valence-corrected chi connectivity index (χ0v) is 9.77. The predicted octanol–water partition coefficient (Wildman–Crippen LogP) is 3.32. The summed E-state index contributed by atoms with van der Waals surface area (Å²) in [5.41, 5.74) is 0.524. The molecule has 16 heavy (non-hydrogen) atoms. The molecule has 1 aromatic carbocycles. The quantitative estimate of drug-likeness (QED) is 0.880. The standard InChI is InChI=1S/C12H15ClFNO/c13-10-1-2-12(11(14)7-10)15-8-9-3-5-16-6-4-9/h1-2,7,9,15H,3-6,8H2. The Morgan fingerprint density at radius 3 is 2.81 bits per heavy atom. The first kappa shape index (κ1) is 11.7. The molecule has 88 valence electrons. The second kappa shape index (κ2) is 5.51. The van der Waals surface area contributed by atoms with Gasteiger partial charge < -0.3 is 10.1 Å². The summed E-state index contributed by atoms with van der Waals surface area (Å²) in [6.07, 6.45) is 2.09. The fourth-order valence-corrected chi connectivity index (χ4v) is 2.00. The number of hydrogen-bond acceptors (Lipinski definition) is 2. The molecule has 2 rings (SSSR count). The lowest BCUT2D eigenvalue weighted by Gasteiger charge is -2.22. The SMILES string of the molecule is Fc1cc(Cl)ccc1NCC1CCOCC1. The topological polar surface area (TPSA) is 21.3 Å². The molecule has 1 fully saturated rings. The van der Waals surface area contributed by atoms with Gasteiger partial charge in [0.1, 0.15) is 5.82 Å². The summed E-state index contributed by atoms with van der Waals surface area (Å²) >= 11 is 5.68. The molecule has 0 aliphatic carbocycles. The Bertz CT molecular complexity index is 353. The number of rotatable bonds is 3. The molecular weight excluding hydrogens is 229 g/mol. The van der Waals surface area contributed by atoms with Gasteiger partial charge in [0.2, 0.25) is 0 Å². The van der Waals surface area contributed by atoms with Crippen LogP contribution in [0.3, 0.4) is 0 Å². The van der Waals surface area contributed by atoms with Crippen LogP contribution in [-0.2, 0) is 4.74 Å². The van der Waals surface area contributed by atoms with E-state index in [0.29, 0.717) is 16.6 Å². The lowest BCUT2D eigenvalue weighted by molar-refractivity contribution is 0.0699. The highest BCUT2D eigenvalue weighted by Gasteiger charge is 2.13. The lowest BCUT2D eigenvalue weighted by atomic mass is 10.0. The van der Waals surface area contributed by atoms with Crippen molar-refractivity contribution in [3.8, 4) is 0 Å². The zero-order valence-electron chi connectivity index (χ0n) is 9.01. The fraction of sp³-hybridized carbons (Fsp3) is 0.500. The normalized spacial score (nSPS) is 17.4. The molecule has 1 aromatic rings. The van der Waals surface area contributed by atoms with Gasteiger partial charge in [-0.3, -0.25) is 0 Å². The minimum Gasteiger partial charge on any atom is -0.382 e. The van der Waals surface area contributed by atoms with Gasteiger partial charge >= 0.3 is 0 Å². The van der Waals surface area contributed by atoms with Crippen molar-refractivity contribution in [2.45, 2.75) is 12.8 Å². The molecule has 0 unspecified atom stereocenters. The number of anilines is 1. The summed E-state index contributed by atoms with van der Waals surface area (Å²) in [6.45, 7) is 2.42. The maximum absolute atomic E-state index is 13.4. The molecule has 0 radical (unpaired) electrons. The minimum atomic E-state index is -0.292. The second-order valence-electron chi connectivity index (χ2n) is 4.06. The van der Waals surface area contributed by atoms with Crippen molar-refractivity contribution in [2.24, 2.45) is 5.92 Å². The Labute approximate surface area is 99.7 Å². The van der Waals surface area contributed by atoms with Crippen LogP contribution in [0.5, 0.6) is 0 Å². The van der Waals surface area contributed by atoms with Crippen molar-refractivity contribution in [3.63, 3.8) is 0 Å². The third-order valence-corrected chi connectivity index (χ3v) is 3.09. The van der Waals surface area contributed by atoms with E-state index in [1.807, 2.05) is 0 Å². The van der Waals surface area contributed by atoms with E-state index in [4.69, 9.17) is 16.3 Å². The predicted molar refractivity (Wildman–Crippen MR) is 63.4 cm³/mol. The smallest absolute Gasteiger partial charge is 0.147 e. The highest BCUT2D eigenvalue weighted by atomic mass is 35.5. The first-order chi connectivity index (χ1) is 7.75. The highest BCUT2D eigenvalue weighted by Crippen LogP contribution is 2.21. The number of benzene rings is 1. The molecule has 0 bridgehead atoms. The van der Waals surface area contributed by atoms with Gasteiger partial charge in [0.15, 0.2) is 0 Å². The van der Waals surface area contributed by atoms with Gasteiger partial charge in [-0.25, -0.2) is 4.39 Å². The summed E-state index contributed by atoms with van der Waals surface area (Å²) in [7, 11) is 0. The largest absolute Gasteiger partial charge is 0.382 e. The van der Waals surface area contributed by atoms with Crippen molar-refractivity contribution in [1.82, 2.24) is 0 Å². The van der Waals surface area contributed by atoms with Crippen molar-refractivity contribution in [3.05, 3.63) is 29.0 Å². The Balaban J connectivity index is 1.88. The molecule has 1 heterocycles. The van der Waals surface area contributed by atoms with Gasteiger partial charge in [-0.2, -0.15) is 0 Å². The molecular formula is C12H15ClFNO. The summed E-state index contributed by atoms with van der Waals surface area (Å²) in [6, 6.07) is 4.70. The van der Waals surface area contributed by atoms with Crippen LogP contribution in [0.4, 0.5) is 10.1 Å². The molecule has 1 aliphatic heterocycles. The number of halogens is 2. The van der Waals surface area contributed by atoms with Crippen LogP contribution >= 0.6 is 11.6 Å². The van der Waals surface area contributed by atoms with Gasteiger partial charge in [0, 0.05) is 24.8 Å². The van der Waals surface area contributed by atoms with Gasteiger partial charge in [-0.15, -0.1) is 0 Å². The highest BCUT2D eigenvalue weighted by molar-refractivity contribution is 6.30. The first-order valence-corrected chi connectivity index (χ1v) is 5.90. The van der Waals surface area contributed by atoms with E-state index in [-0.39, 0.29) is 5.82 Å². The molecule has 0 amide bonds. The molecule has 2 nitrogen and oxygen atoms in total. The second-order valence-corrected chi connectivity index (χ2v) is 4.50. The summed E-state index contributed by atoms with van der Waals surface area (Å²) in [5, 5.41) is 3.55. The van der Waals surface area contributed by atoms with Crippen molar-refractivity contribution in [2.75, 3.05) is 25.1 Å². The van der Waals surface area contributed by atoms with Crippen LogP contribution in [0.2, 0.25) is 5.02 Å². The molecule has 1 aliphatic rings. The van der Waals surface area contributed by atoms with Crippen LogP contribution in [-0.4, -0.2) is 19.8 Å². The Morgan fingerprint density at radius 1 is 1.38 bits per heavy atom. The molecule has 1 N–H and O–H groups in total. The van der Waals surface area contributed by atoms with E-state index in [1.54, 1.807) is 12.1 Å². The van der Waals surface area contributed by atoms with Crippen LogP contribution in [0.25, 0.3) is 0 Å². The van der Waals surface area contributed by atoms with Crippen LogP contribution in [0.1, 0.15) is 12.8 Å². The summed E-state index contributed by atoms with van der Waals surface area (Å²) in [5.74, 6) is 0.281. The molecule has 1 saturated heterocycles. The third kappa shape index (κ3) is 3.09. The van der Waals surface area contributed by atoms with Crippen LogP contribution < -0.4 is 5.32 Å². The number of hydrogen-bond donors (Lipinski definition) is 1.